The van der Waals surface area contributed by atoms with Gasteiger partial charge in [0, 0.05) is 13.1 Å². The van der Waals surface area contributed by atoms with E-state index in [1.54, 1.807) is 0 Å². The quantitative estimate of drug-likeness (QED) is 0.780. The first-order chi connectivity index (χ1) is 7.47. The highest BCUT2D eigenvalue weighted by Gasteiger charge is 2.23. The van der Waals surface area contributed by atoms with E-state index in [-0.39, 0.29) is 24.9 Å². The average molecular weight is 265 g/mol. The van der Waals surface area contributed by atoms with Crippen LogP contribution in [0.3, 0.4) is 0 Å². The maximum absolute atomic E-state index is 11.4. The third-order valence-electron chi connectivity index (χ3n) is 2.75. The summed E-state index contributed by atoms with van der Waals surface area (Å²) >= 11 is 0. The van der Waals surface area contributed by atoms with Gasteiger partial charge in [0.25, 0.3) is 0 Å². The highest BCUT2D eigenvalue weighted by Crippen LogP contribution is 2.20. The molecule has 1 rings (SSSR count). The molecule has 1 heterocycles. The van der Waals surface area contributed by atoms with Crippen molar-refractivity contribution in [1.29, 1.82) is 0 Å². The number of piperidine rings is 1. The fourth-order valence-corrected chi connectivity index (χ4v) is 2.35. The number of aliphatic carboxylic acids is 1. The number of carboxylic acids is 1. The molecule has 1 saturated heterocycles. The molecule has 0 spiro atoms. The van der Waals surface area contributed by atoms with Gasteiger partial charge in [-0.3, -0.25) is 14.5 Å². The summed E-state index contributed by atoms with van der Waals surface area (Å²) in [6.07, 6.45) is 1.20. The number of amides is 1. The number of hydrogen-bond donors (Lipinski definition) is 2. The number of carboxylic acid groups (broad SMARTS) is 1. The van der Waals surface area contributed by atoms with Gasteiger partial charge < -0.3 is 10.4 Å². The third-order valence-corrected chi connectivity index (χ3v) is 2.75. The lowest BCUT2D eigenvalue weighted by atomic mass is 9.92. The van der Waals surface area contributed by atoms with Crippen LogP contribution in [-0.4, -0.2) is 48.1 Å². The number of carbonyl (C=O) groups is 2. The van der Waals surface area contributed by atoms with Gasteiger partial charge in [0.15, 0.2) is 0 Å². The zero-order chi connectivity index (χ0) is 12.1. The molecule has 100 valence electrons. The van der Waals surface area contributed by atoms with Crippen LogP contribution < -0.4 is 5.32 Å². The van der Waals surface area contributed by atoms with Crippen molar-refractivity contribution >= 4 is 24.3 Å². The molecule has 17 heavy (non-hydrogen) atoms. The van der Waals surface area contributed by atoms with Crippen molar-refractivity contribution in [3.63, 3.8) is 0 Å². The molecule has 2 N–H and O–H groups in total. The van der Waals surface area contributed by atoms with Crippen LogP contribution in [0.2, 0.25) is 0 Å². The van der Waals surface area contributed by atoms with Gasteiger partial charge in [0.05, 0.1) is 6.54 Å². The van der Waals surface area contributed by atoms with Crippen LogP contribution in [0, 0.1) is 11.8 Å². The molecule has 0 radical (unpaired) electrons. The van der Waals surface area contributed by atoms with E-state index in [0.717, 1.165) is 13.1 Å². The maximum Gasteiger partial charge on any atom is 0.322 e. The van der Waals surface area contributed by atoms with Crippen LogP contribution in [0.1, 0.15) is 20.3 Å². The SMILES string of the molecule is CC1CC(C)CN(CC(=O)NCC(=O)O)C1.Cl. The van der Waals surface area contributed by atoms with E-state index in [9.17, 15) is 9.59 Å². The van der Waals surface area contributed by atoms with E-state index in [4.69, 9.17) is 5.11 Å². The monoisotopic (exact) mass is 264 g/mol. The number of hydrogen-bond acceptors (Lipinski definition) is 3. The summed E-state index contributed by atoms with van der Waals surface area (Å²) in [5, 5.41) is 10.8. The molecule has 2 atom stereocenters. The van der Waals surface area contributed by atoms with Gasteiger partial charge in [-0.2, -0.15) is 0 Å². The second-order valence-electron chi connectivity index (χ2n) is 4.81. The second kappa shape index (κ2) is 7.50. The summed E-state index contributed by atoms with van der Waals surface area (Å²) in [6.45, 7) is 6.21. The molecular weight excluding hydrogens is 244 g/mol. The van der Waals surface area contributed by atoms with Crippen LogP contribution in [0.5, 0.6) is 0 Å². The lowest BCUT2D eigenvalue weighted by Crippen LogP contribution is -2.45. The predicted octanol–water partition coefficient (Wildman–Crippen LogP) is 0.587. The van der Waals surface area contributed by atoms with Gasteiger partial charge >= 0.3 is 5.97 Å². The smallest absolute Gasteiger partial charge is 0.322 e. The minimum atomic E-state index is -1.01. The van der Waals surface area contributed by atoms with Crippen LogP contribution in [0.25, 0.3) is 0 Å². The molecule has 0 bridgehead atoms. The first kappa shape index (κ1) is 16.2. The van der Waals surface area contributed by atoms with Gasteiger partial charge in [0.1, 0.15) is 6.54 Å². The summed E-state index contributed by atoms with van der Waals surface area (Å²) in [6, 6.07) is 0. The van der Waals surface area contributed by atoms with Gasteiger partial charge in [-0.05, 0) is 18.3 Å². The summed E-state index contributed by atoms with van der Waals surface area (Å²) < 4.78 is 0. The van der Waals surface area contributed by atoms with E-state index in [1.165, 1.54) is 6.42 Å². The van der Waals surface area contributed by atoms with Crippen LogP contribution in [0.4, 0.5) is 0 Å². The molecule has 1 aliphatic rings. The summed E-state index contributed by atoms with van der Waals surface area (Å²) in [4.78, 5) is 23.8. The minimum Gasteiger partial charge on any atom is -0.480 e. The van der Waals surface area contributed by atoms with E-state index in [2.05, 4.69) is 24.1 Å². The zero-order valence-corrected chi connectivity index (χ0v) is 11.1. The topological polar surface area (TPSA) is 69.6 Å². The van der Waals surface area contributed by atoms with E-state index in [0.29, 0.717) is 18.4 Å². The second-order valence-corrected chi connectivity index (χ2v) is 4.81. The Kier molecular flexibility index (Phi) is 7.15. The Bertz CT molecular complexity index is 263. The molecule has 1 fully saturated rings. The third kappa shape index (κ3) is 6.48. The number of nitrogens with one attached hydrogen (secondary N) is 1. The number of halogens is 1. The normalized spacial score (nSPS) is 24.8. The molecule has 0 aliphatic carbocycles. The van der Waals surface area contributed by atoms with Crippen molar-refractivity contribution in [2.45, 2.75) is 20.3 Å². The standard InChI is InChI=1S/C11H20N2O3.ClH/c1-8-3-9(2)6-13(5-8)7-10(14)12-4-11(15)16;/h8-9H,3-7H2,1-2H3,(H,12,14)(H,15,16);1H. The van der Waals surface area contributed by atoms with Crippen molar-refractivity contribution in [3.05, 3.63) is 0 Å². The van der Waals surface area contributed by atoms with Crippen molar-refractivity contribution in [3.8, 4) is 0 Å². The molecule has 5 nitrogen and oxygen atoms in total. The van der Waals surface area contributed by atoms with E-state index < -0.39 is 5.97 Å². The highest BCUT2D eigenvalue weighted by atomic mass is 35.5. The van der Waals surface area contributed by atoms with Crippen molar-refractivity contribution in [1.82, 2.24) is 10.2 Å². The number of rotatable bonds is 4. The first-order valence-electron chi connectivity index (χ1n) is 5.68. The Morgan fingerprint density at radius 3 is 2.29 bits per heavy atom. The maximum atomic E-state index is 11.4. The van der Waals surface area contributed by atoms with E-state index >= 15 is 0 Å². The Morgan fingerprint density at radius 1 is 1.29 bits per heavy atom. The van der Waals surface area contributed by atoms with Crippen molar-refractivity contribution in [2.75, 3.05) is 26.2 Å². The largest absolute Gasteiger partial charge is 0.480 e. The Balaban J connectivity index is 0.00000256. The highest BCUT2D eigenvalue weighted by molar-refractivity contribution is 5.85. The number of nitrogens with zero attached hydrogens (tertiary/aromatic N) is 1. The average Bonchev–Trinajstić information content (AvgIpc) is 2.12. The van der Waals surface area contributed by atoms with Crippen LogP contribution in [-0.2, 0) is 9.59 Å². The Morgan fingerprint density at radius 2 is 1.82 bits per heavy atom. The van der Waals surface area contributed by atoms with E-state index in [1.807, 2.05) is 0 Å². The summed E-state index contributed by atoms with van der Waals surface area (Å²) in [5.41, 5.74) is 0. The van der Waals surface area contributed by atoms with Gasteiger partial charge in [-0.25, -0.2) is 0 Å². The molecule has 2 unspecified atom stereocenters. The Hall–Kier alpha value is -0.810. The molecule has 6 heteroatoms. The summed E-state index contributed by atoms with van der Waals surface area (Å²) in [7, 11) is 0. The molecular formula is C11H21ClN2O3. The fourth-order valence-electron chi connectivity index (χ4n) is 2.35. The first-order valence-corrected chi connectivity index (χ1v) is 5.68. The molecule has 0 aromatic carbocycles. The Labute approximate surface area is 108 Å². The lowest BCUT2D eigenvalue weighted by Gasteiger charge is -2.34. The number of likely N-dealkylation sites (tertiary alicyclic amines) is 1. The fraction of sp³-hybridized carbons (Fsp3) is 0.818. The minimum absolute atomic E-state index is 0. The van der Waals surface area contributed by atoms with Gasteiger partial charge in [0.2, 0.25) is 5.91 Å². The van der Waals surface area contributed by atoms with Crippen molar-refractivity contribution < 1.29 is 14.7 Å². The van der Waals surface area contributed by atoms with Crippen molar-refractivity contribution in [2.24, 2.45) is 11.8 Å². The van der Waals surface area contributed by atoms with Crippen LogP contribution >= 0.6 is 12.4 Å². The zero-order valence-electron chi connectivity index (χ0n) is 10.3. The lowest BCUT2D eigenvalue weighted by molar-refractivity contribution is -0.138. The molecule has 0 aromatic rings. The molecule has 1 amide bonds. The molecule has 0 saturated carbocycles. The summed E-state index contributed by atoms with van der Waals surface area (Å²) in [5.74, 6) is 0.00415. The molecule has 0 aromatic heterocycles. The van der Waals surface area contributed by atoms with Gasteiger partial charge in [-0.15, -0.1) is 12.4 Å². The number of carbonyl (C=O) groups excluding carboxylic acids is 1. The molecule has 1 aliphatic heterocycles. The predicted molar refractivity (Wildman–Crippen MR) is 67.3 cm³/mol. The van der Waals surface area contributed by atoms with Crippen LogP contribution in [0.15, 0.2) is 0 Å². The van der Waals surface area contributed by atoms with Gasteiger partial charge in [-0.1, -0.05) is 13.8 Å².